The Morgan fingerprint density at radius 2 is 2.12 bits per heavy atom. The fraction of sp³-hybridized carbons (Fsp3) is 0.667. The van der Waals surface area contributed by atoms with E-state index in [1.165, 1.54) is 12.8 Å². The summed E-state index contributed by atoms with van der Waals surface area (Å²) >= 11 is 1.60. The zero-order valence-electron chi connectivity index (χ0n) is 20.1. The molecule has 1 fully saturated rings. The Morgan fingerprint density at radius 1 is 1.31 bits per heavy atom. The molecule has 1 aromatic heterocycles. The van der Waals surface area contributed by atoms with Crippen LogP contribution in [0.15, 0.2) is 21.8 Å². The molecule has 1 aliphatic carbocycles. The maximum atomic E-state index is 10.0. The largest absolute Gasteiger partial charge is 0.393 e. The minimum Gasteiger partial charge on any atom is -0.393 e. The van der Waals surface area contributed by atoms with Crippen molar-refractivity contribution in [1.29, 1.82) is 0 Å². The van der Waals surface area contributed by atoms with E-state index in [9.17, 15) is 5.11 Å². The molecule has 0 radical (unpaired) electrons. The number of anilines is 2. The van der Waals surface area contributed by atoms with Gasteiger partial charge in [0.05, 0.1) is 29.1 Å². The Bertz CT molecular complexity index is 866. The highest BCUT2D eigenvalue weighted by Crippen LogP contribution is 2.32. The van der Waals surface area contributed by atoms with Crippen LogP contribution in [0.4, 0.5) is 11.8 Å². The summed E-state index contributed by atoms with van der Waals surface area (Å²) in [6.07, 6.45) is 12.1. The average molecular weight is 459 g/mol. The molecule has 4 unspecified atom stereocenters. The molecule has 176 valence electrons. The second kappa shape index (κ2) is 11.8. The number of nitrogens with zero attached hydrogens (tertiary/aromatic N) is 4. The minimum atomic E-state index is -0.275. The van der Waals surface area contributed by atoms with Gasteiger partial charge in [-0.15, -0.1) is 11.8 Å². The molecule has 4 atom stereocenters. The number of allylic oxidation sites excluding steroid dienone is 1. The zero-order chi connectivity index (χ0) is 23.1. The van der Waals surface area contributed by atoms with Crippen molar-refractivity contribution in [2.75, 3.05) is 23.4 Å². The lowest BCUT2D eigenvalue weighted by Gasteiger charge is -2.20. The van der Waals surface area contributed by atoms with Crippen LogP contribution < -0.4 is 10.6 Å². The summed E-state index contributed by atoms with van der Waals surface area (Å²) in [6, 6.07) is 0.448. The molecular weight excluding hydrogens is 420 g/mol. The summed E-state index contributed by atoms with van der Waals surface area (Å²) in [7, 11) is 0. The van der Waals surface area contributed by atoms with Crippen LogP contribution in [0.5, 0.6) is 0 Å². The van der Waals surface area contributed by atoms with Gasteiger partial charge in [-0.05, 0) is 64.7 Å². The number of thioether (sulfide) groups is 1. The van der Waals surface area contributed by atoms with Crippen molar-refractivity contribution in [2.45, 2.75) is 84.4 Å². The number of nitrogens with one attached hydrogen (secondary N) is 2. The van der Waals surface area contributed by atoms with Gasteiger partial charge in [-0.2, -0.15) is 4.98 Å². The molecule has 3 rings (SSSR count). The van der Waals surface area contributed by atoms with Crippen LogP contribution in [0.2, 0.25) is 0 Å². The first-order valence-electron chi connectivity index (χ1n) is 11.9. The molecule has 0 saturated heterocycles. The third-order valence-electron chi connectivity index (χ3n) is 6.14. The molecule has 32 heavy (non-hydrogen) atoms. The van der Waals surface area contributed by atoms with Gasteiger partial charge < -0.3 is 15.7 Å². The molecule has 1 aromatic rings. The second-order valence-electron chi connectivity index (χ2n) is 8.88. The van der Waals surface area contributed by atoms with Gasteiger partial charge in [0.1, 0.15) is 10.9 Å². The summed E-state index contributed by atoms with van der Waals surface area (Å²) in [5, 5.41) is 18.0. The smallest absolute Gasteiger partial charge is 0.224 e. The Hall–Kier alpha value is -1.93. The van der Waals surface area contributed by atoms with Crippen LogP contribution in [-0.4, -0.2) is 57.3 Å². The predicted octanol–water partition coefficient (Wildman–Crippen LogP) is 4.81. The summed E-state index contributed by atoms with van der Waals surface area (Å²) in [5.74, 6) is 1.81. The van der Waals surface area contributed by atoms with Crippen LogP contribution in [0.1, 0.15) is 70.6 Å². The van der Waals surface area contributed by atoms with E-state index in [0.29, 0.717) is 11.9 Å². The molecule has 0 spiro atoms. The fourth-order valence-electron chi connectivity index (χ4n) is 4.28. The molecule has 0 bridgehead atoms. The summed E-state index contributed by atoms with van der Waals surface area (Å²) in [5.41, 5.74) is 2.73. The molecule has 7 nitrogen and oxygen atoms in total. The maximum Gasteiger partial charge on any atom is 0.224 e. The molecule has 8 heteroatoms. The number of aromatic nitrogens is 2. The van der Waals surface area contributed by atoms with Gasteiger partial charge in [0.2, 0.25) is 5.95 Å². The molecule has 3 N–H and O–H groups in total. The lowest BCUT2D eigenvalue weighted by molar-refractivity contribution is 0.128. The number of aliphatic hydroxyl groups is 1. The predicted molar refractivity (Wildman–Crippen MR) is 137 cm³/mol. The summed E-state index contributed by atoms with van der Waals surface area (Å²) in [4.78, 5) is 18.9. The second-order valence-corrected chi connectivity index (χ2v) is 9.67. The molecule has 0 amide bonds. The van der Waals surface area contributed by atoms with E-state index in [2.05, 4.69) is 35.5 Å². The number of aliphatic hydroxyl groups excluding tert-OH is 1. The van der Waals surface area contributed by atoms with E-state index in [4.69, 9.17) is 15.0 Å². The summed E-state index contributed by atoms with van der Waals surface area (Å²) in [6.45, 7) is 9.04. The van der Waals surface area contributed by atoms with Gasteiger partial charge in [0.25, 0.3) is 0 Å². The SMILES string of the molecule is CCCCCNc1nc(C)c(C(=NC2=CC(C)N=C2)SC)c(NC2CCC(C(C)O)C2)n1. The number of hydrogen-bond acceptors (Lipinski definition) is 8. The van der Waals surface area contributed by atoms with Gasteiger partial charge in [0, 0.05) is 18.8 Å². The van der Waals surface area contributed by atoms with Crippen LogP contribution in [0.25, 0.3) is 0 Å². The first-order valence-corrected chi connectivity index (χ1v) is 13.1. The highest BCUT2D eigenvalue weighted by atomic mass is 32.2. The quantitative estimate of drug-likeness (QED) is 0.264. The Morgan fingerprint density at radius 3 is 2.75 bits per heavy atom. The number of rotatable bonds is 10. The Kier molecular flexibility index (Phi) is 9.11. The Labute approximate surface area is 196 Å². The Balaban J connectivity index is 1.90. The number of hydrogen-bond donors (Lipinski definition) is 3. The topological polar surface area (TPSA) is 94.8 Å². The van der Waals surface area contributed by atoms with Crippen LogP contribution in [0.3, 0.4) is 0 Å². The molecule has 1 saturated carbocycles. The minimum absolute atomic E-state index is 0.164. The number of aliphatic imine (C=N–C) groups is 2. The third kappa shape index (κ3) is 6.54. The lowest BCUT2D eigenvalue weighted by Crippen LogP contribution is -2.22. The fourth-order valence-corrected chi connectivity index (χ4v) is 4.93. The zero-order valence-corrected chi connectivity index (χ0v) is 20.9. The highest BCUT2D eigenvalue weighted by molar-refractivity contribution is 8.13. The van der Waals surface area contributed by atoms with Crippen LogP contribution in [0, 0.1) is 12.8 Å². The van der Waals surface area contributed by atoms with E-state index in [1.807, 2.05) is 26.3 Å². The van der Waals surface area contributed by atoms with Crippen molar-refractivity contribution in [3.8, 4) is 0 Å². The average Bonchev–Trinajstić information content (AvgIpc) is 3.39. The molecule has 1 aliphatic heterocycles. The highest BCUT2D eigenvalue weighted by Gasteiger charge is 2.29. The monoisotopic (exact) mass is 458 g/mol. The van der Waals surface area contributed by atoms with Crippen molar-refractivity contribution in [3.63, 3.8) is 0 Å². The van der Waals surface area contributed by atoms with E-state index in [0.717, 1.165) is 60.0 Å². The van der Waals surface area contributed by atoms with Crippen molar-refractivity contribution < 1.29 is 5.11 Å². The third-order valence-corrected chi connectivity index (χ3v) is 6.82. The van der Waals surface area contributed by atoms with Crippen molar-refractivity contribution in [1.82, 2.24) is 9.97 Å². The van der Waals surface area contributed by atoms with Gasteiger partial charge in [0.15, 0.2) is 0 Å². The van der Waals surface area contributed by atoms with Crippen molar-refractivity contribution >= 4 is 34.8 Å². The van der Waals surface area contributed by atoms with Gasteiger partial charge in [-0.1, -0.05) is 19.8 Å². The number of aryl methyl sites for hydroxylation is 1. The maximum absolute atomic E-state index is 10.0. The first-order chi connectivity index (χ1) is 15.4. The van der Waals surface area contributed by atoms with Gasteiger partial charge in [-0.3, -0.25) is 4.99 Å². The van der Waals surface area contributed by atoms with Crippen molar-refractivity contribution in [3.05, 3.63) is 23.0 Å². The van der Waals surface area contributed by atoms with Crippen LogP contribution >= 0.6 is 11.8 Å². The van der Waals surface area contributed by atoms with Crippen molar-refractivity contribution in [2.24, 2.45) is 15.9 Å². The molecule has 2 heterocycles. The van der Waals surface area contributed by atoms with E-state index < -0.39 is 0 Å². The number of unbranched alkanes of at least 4 members (excludes halogenated alkanes) is 2. The molecular formula is C24H38N6OS. The summed E-state index contributed by atoms with van der Waals surface area (Å²) < 4.78 is 0. The molecule has 0 aromatic carbocycles. The van der Waals surface area contributed by atoms with Crippen LogP contribution in [-0.2, 0) is 0 Å². The van der Waals surface area contributed by atoms with E-state index >= 15 is 0 Å². The van der Waals surface area contributed by atoms with Gasteiger partial charge in [-0.25, -0.2) is 9.98 Å². The molecule has 2 aliphatic rings. The standard InChI is InChI=1S/C24H38N6OS/c1-6-7-8-11-25-24-27-16(3)21(23(32-5)29-20-12-15(2)26-14-20)22(30-24)28-19-10-9-18(13-19)17(4)31/h12,14-15,17-19,31H,6-11,13H2,1-5H3,(H2,25,27,28,30). The van der Waals surface area contributed by atoms with E-state index in [-0.39, 0.29) is 18.2 Å². The first kappa shape index (κ1) is 24.7. The van der Waals surface area contributed by atoms with Gasteiger partial charge >= 0.3 is 0 Å². The van der Waals surface area contributed by atoms with E-state index in [1.54, 1.807) is 11.8 Å². The lowest BCUT2D eigenvalue weighted by atomic mass is 10.0. The normalized spacial score (nSPS) is 24.0.